The third-order valence-electron chi connectivity index (χ3n) is 2.03. The molecule has 1 aromatic heterocycles. The average molecular weight is 331 g/mol. The van der Waals surface area contributed by atoms with E-state index in [-0.39, 0.29) is 20.6 Å². The summed E-state index contributed by atoms with van der Waals surface area (Å²) in [6.45, 7) is -2.79. The van der Waals surface area contributed by atoms with Gasteiger partial charge in [0.2, 0.25) is 0 Å². The van der Waals surface area contributed by atoms with Crippen LogP contribution in [0.15, 0.2) is 12.3 Å². The highest BCUT2D eigenvalue weighted by atomic mass is 35.5. The zero-order valence-electron chi connectivity index (χ0n) is 9.62. The quantitative estimate of drug-likeness (QED) is 0.861. The smallest absolute Gasteiger partial charge is 0.406 e. The molecule has 0 saturated carbocycles. The molecule has 0 aliphatic heterocycles. The van der Waals surface area contributed by atoms with Crippen LogP contribution in [0.25, 0.3) is 0 Å². The molecular formula is C10H7Cl2F3N2O3. The molecule has 0 fully saturated rings. The van der Waals surface area contributed by atoms with Gasteiger partial charge in [-0.15, -0.1) is 0 Å². The Morgan fingerprint density at radius 3 is 2.40 bits per heavy atom. The van der Waals surface area contributed by atoms with Crippen LogP contribution in [-0.2, 0) is 4.79 Å². The molecule has 110 valence electrons. The zero-order chi connectivity index (χ0) is 15.5. The van der Waals surface area contributed by atoms with Crippen LogP contribution in [-0.4, -0.2) is 46.1 Å². The third kappa shape index (κ3) is 4.86. The minimum atomic E-state index is -4.73. The molecule has 20 heavy (non-hydrogen) atoms. The van der Waals surface area contributed by atoms with Gasteiger partial charge in [0.1, 0.15) is 18.2 Å². The summed E-state index contributed by atoms with van der Waals surface area (Å²) in [4.78, 5) is 26.0. The van der Waals surface area contributed by atoms with Gasteiger partial charge in [-0.25, -0.2) is 4.98 Å². The molecule has 0 aromatic carbocycles. The van der Waals surface area contributed by atoms with Crippen molar-refractivity contribution in [3.63, 3.8) is 0 Å². The summed E-state index contributed by atoms with van der Waals surface area (Å²) in [5.74, 6) is -2.73. The summed E-state index contributed by atoms with van der Waals surface area (Å²) in [5, 5.41) is 8.30. The summed E-state index contributed by atoms with van der Waals surface area (Å²) >= 11 is 11.1. The summed E-state index contributed by atoms with van der Waals surface area (Å²) in [7, 11) is 0. The Kier molecular flexibility index (Phi) is 5.18. The topological polar surface area (TPSA) is 70.5 Å². The minimum absolute atomic E-state index is 0.121. The molecule has 0 saturated heterocycles. The van der Waals surface area contributed by atoms with Gasteiger partial charge in [0.25, 0.3) is 5.91 Å². The maximum Gasteiger partial charge on any atom is 0.406 e. The van der Waals surface area contributed by atoms with Crippen molar-refractivity contribution < 1.29 is 27.9 Å². The van der Waals surface area contributed by atoms with Gasteiger partial charge < -0.3 is 10.0 Å². The van der Waals surface area contributed by atoms with Crippen LogP contribution in [0.4, 0.5) is 13.2 Å². The number of hydrogen-bond acceptors (Lipinski definition) is 3. The second-order valence-electron chi connectivity index (χ2n) is 3.67. The van der Waals surface area contributed by atoms with E-state index in [1.165, 1.54) is 0 Å². The number of carboxylic acids is 1. The molecule has 0 radical (unpaired) electrons. The van der Waals surface area contributed by atoms with Crippen LogP contribution in [0.5, 0.6) is 0 Å². The number of alkyl halides is 3. The lowest BCUT2D eigenvalue weighted by Crippen LogP contribution is -2.42. The van der Waals surface area contributed by atoms with Gasteiger partial charge in [0.05, 0.1) is 10.6 Å². The first kappa shape index (κ1) is 16.5. The summed E-state index contributed by atoms with van der Waals surface area (Å²) in [5.41, 5.74) is -0.287. The van der Waals surface area contributed by atoms with Gasteiger partial charge >= 0.3 is 12.1 Å². The van der Waals surface area contributed by atoms with Crippen molar-refractivity contribution in [1.29, 1.82) is 0 Å². The number of nitrogens with zero attached hydrogens (tertiary/aromatic N) is 2. The van der Waals surface area contributed by atoms with Gasteiger partial charge in [-0.1, -0.05) is 23.2 Å². The zero-order valence-corrected chi connectivity index (χ0v) is 11.1. The van der Waals surface area contributed by atoms with Crippen LogP contribution in [0.1, 0.15) is 10.4 Å². The van der Waals surface area contributed by atoms with E-state index in [4.69, 9.17) is 28.3 Å². The van der Waals surface area contributed by atoms with Crippen molar-refractivity contribution in [1.82, 2.24) is 9.88 Å². The number of carboxylic acid groups (broad SMARTS) is 1. The Labute approximate surface area is 120 Å². The van der Waals surface area contributed by atoms with Gasteiger partial charge in [0.15, 0.2) is 0 Å². The highest BCUT2D eigenvalue weighted by Gasteiger charge is 2.34. The van der Waals surface area contributed by atoms with Crippen LogP contribution >= 0.6 is 23.2 Å². The molecule has 1 heterocycles. The van der Waals surface area contributed by atoms with Crippen molar-refractivity contribution >= 4 is 35.1 Å². The predicted molar refractivity (Wildman–Crippen MR) is 63.9 cm³/mol. The maximum absolute atomic E-state index is 12.3. The standard InChI is InChI=1S/C10H7Cl2F3N2O3/c11-6-1-5(2-16-8(6)12)9(20)17(3-7(18)19)4-10(13,14)15/h1-2H,3-4H2,(H,18,19). The Hall–Kier alpha value is -1.54. The Morgan fingerprint density at radius 1 is 1.35 bits per heavy atom. The van der Waals surface area contributed by atoms with E-state index >= 15 is 0 Å². The molecule has 0 bridgehead atoms. The van der Waals surface area contributed by atoms with Crippen LogP contribution in [0.2, 0.25) is 10.2 Å². The molecule has 1 rings (SSSR count). The number of pyridine rings is 1. The van der Waals surface area contributed by atoms with Crippen molar-refractivity contribution in [2.45, 2.75) is 6.18 Å². The predicted octanol–water partition coefficient (Wildman–Crippen LogP) is 2.48. The SMILES string of the molecule is O=C(O)CN(CC(F)(F)F)C(=O)c1cnc(Cl)c(Cl)c1. The Bertz CT molecular complexity index is 537. The van der Waals surface area contributed by atoms with E-state index in [0.29, 0.717) is 0 Å². The number of aromatic nitrogens is 1. The Balaban J connectivity index is 3.02. The van der Waals surface area contributed by atoms with E-state index in [1.54, 1.807) is 0 Å². The number of aliphatic carboxylic acids is 1. The first-order valence-electron chi connectivity index (χ1n) is 4.99. The van der Waals surface area contributed by atoms with Gasteiger partial charge in [-0.3, -0.25) is 9.59 Å². The molecule has 0 aliphatic carbocycles. The highest BCUT2D eigenvalue weighted by Crippen LogP contribution is 2.22. The van der Waals surface area contributed by atoms with Crippen LogP contribution < -0.4 is 0 Å². The van der Waals surface area contributed by atoms with Gasteiger partial charge in [-0.05, 0) is 6.07 Å². The molecule has 0 spiro atoms. The second kappa shape index (κ2) is 6.27. The number of amides is 1. The molecule has 5 nitrogen and oxygen atoms in total. The van der Waals surface area contributed by atoms with Crippen LogP contribution in [0.3, 0.4) is 0 Å². The Morgan fingerprint density at radius 2 is 1.95 bits per heavy atom. The van der Waals surface area contributed by atoms with Crippen molar-refractivity contribution in [2.75, 3.05) is 13.1 Å². The third-order valence-corrected chi connectivity index (χ3v) is 2.71. The summed E-state index contributed by atoms with van der Waals surface area (Å²) in [6.07, 6.45) is -3.81. The van der Waals surface area contributed by atoms with E-state index < -0.39 is 31.1 Å². The number of hydrogen-bond donors (Lipinski definition) is 1. The normalized spacial score (nSPS) is 11.2. The molecule has 0 aliphatic rings. The molecule has 1 N–H and O–H groups in total. The van der Waals surface area contributed by atoms with E-state index in [2.05, 4.69) is 4.98 Å². The van der Waals surface area contributed by atoms with Crippen molar-refractivity contribution in [3.8, 4) is 0 Å². The van der Waals surface area contributed by atoms with E-state index in [9.17, 15) is 22.8 Å². The largest absolute Gasteiger partial charge is 0.480 e. The molecule has 1 aromatic rings. The fraction of sp³-hybridized carbons (Fsp3) is 0.300. The van der Waals surface area contributed by atoms with Crippen LogP contribution in [0, 0.1) is 0 Å². The van der Waals surface area contributed by atoms with E-state index in [1.807, 2.05) is 0 Å². The fourth-order valence-electron chi connectivity index (χ4n) is 1.30. The lowest BCUT2D eigenvalue weighted by Gasteiger charge is -2.22. The summed E-state index contributed by atoms with van der Waals surface area (Å²) in [6, 6.07) is 1.02. The number of rotatable bonds is 4. The average Bonchev–Trinajstić information content (AvgIpc) is 2.28. The first-order valence-corrected chi connectivity index (χ1v) is 5.74. The van der Waals surface area contributed by atoms with E-state index in [0.717, 1.165) is 12.3 Å². The lowest BCUT2D eigenvalue weighted by atomic mass is 10.2. The second-order valence-corrected chi connectivity index (χ2v) is 4.43. The highest BCUT2D eigenvalue weighted by molar-refractivity contribution is 6.41. The van der Waals surface area contributed by atoms with Gasteiger partial charge in [0, 0.05) is 6.20 Å². The lowest BCUT2D eigenvalue weighted by molar-refractivity contribution is -0.149. The molecular weight excluding hydrogens is 324 g/mol. The van der Waals surface area contributed by atoms with Gasteiger partial charge in [-0.2, -0.15) is 13.2 Å². The monoisotopic (exact) mass is 330 g/mol. The minimum Gasteiger partial charge on any atom is -0.480 e. The number of halogens is 5. The van der Waals surface area contributed by atoms with Crippen molar-refractivity contribution in [3.05, 3.63) is 28.0 Å². The molecule has 0 atom stereocenters. The molecule has 0 unspecified atom stereocenters. The number of carbonyl (C=O) groups excluding carboxylic acids is 1. The maximum atomic E-state index is 12.3. The fourth-order valence-corrected chi connectivity index (χ4v) is 1.57. The number of carbonyl (C=O) groups is 2. The molecule has 1 amide bonds. The first-order chi connectivity index (χ1) is 9.10. The summed E-state index contributed by atoms with van der Waals surface area (Å²) < 4.78 is 37.0. The molecule has 10 heteroatoms. The van der Waals surface area contributed by atoms with Crippen molar-refractivity contribution in [2.24, 2.45) is 0 Å².